The molecule has 0 aliphatic carbocycles. The molecule has 0 amide bonds. The lowest BCUT2D eigenvalue weighted by Gasteiger charge is -2.15. The first-order valence-electron chi connectivity index (χ1n) is 9.33. The van der Waals surface area contributed by atoms with Crippen LogP contribution in [0.4, 0.5) is 5.69 Å². The molecule has 1 aromatic heterocycles. The Hall–Kier alpha value is -2.96. The standard InChI is InChI=1S/C19H18N4O6S2/c1-28-16-7-3-2-6-14(16)18-20-21-19(29-18)30-17-9-8-13(12-15(17)23(24)25)31(26,27)22-10-4-5-11-22/h2-3,6-9,12H,4-5,10-11H2,1H3. The Morgan fingerprint density at radius 2 is 1.90 bits per heavy atom. The Morgan fingerprint density at radius 1 is 1.16 bits per heavy atom. The van der Waals surface area contributed by atoms with Crippen LogP contribution in [0.3, 0.4) is 0 Å². The quantitative estimate of drug-likeness (QED) is 0.382. The molecule has 0 atom stereocenters. The molecule has 0 spiro atoms. The zero-order chi connectivity index (χ0) is 22.0. The van der Waals surface area contributed by atoms with E-state index in [2.05, 4.69) is 10.2 Å². The summed E-state index contributed by atoms with van der Waals surface area (Å²) in [5.41, 5.74) is 0.244. The lowest BCUT2D eigenvalue weighted by Crippen LogP contribution is -2.27. The van der Waals surface area contributed by atoms with Gasteiger partial charge in [0.1, 0.15) is 5.75 Å². The van der Waals surface area contributed by atoms with E-state index in [4.69, 9.17) is 9.15 Å². The Bertz CT molecular complexity index is 1220. The zero-order valence-corrected chi connectivity index (χ0v) is 18.1. The molecule has 2 aromatic carbocycles. The van der Waals surface area contributed by atoms with Gasteiger partial charge in [-0.2, -0.15) is 4.31 Å². The summed E-state index contributed by atoms with van der Waals surface area (Å²) < 4.78 is 37.8. The normalized spacial score (nSPS) is 14.6. The van der Waals surface area contributed by atoms with Crippen LogP contribution in [0, 0.1) is 10.1 Å². The fourth-order valence-electron chi connectivity index (χ4n) is 3.24. The summed E-state index contributed by atoms with van der Waals surface area (Å²) in [4.78, 5) is 11.1. The van der Waals surface area contributed by atoms with Crippen LogP contribution in [0.2, 0.25) is 0 Å². The lowest BCUT2D eigenvalue weighted by atomic mass is 10.2. The molecule has 0 saturated carbocycles. The van der Waals surface area contributed by atoms with Gasteiger partial charge in [-0.05, 0) is 48.9 Å². The van der Waals surface area contributed by atoms with E-state index in [-0.39, 0.29) is 26.6 Å². The number of hydrogen-bond donors (Lipinski definition) is 0. The number of aromatic nitrogens is 2. The van der Waals surface area contributed by atoms with Crippen LogP contribution in [0.25, 0.3) is 11.5 Å². The van der Waals surface area contributed by atoms with Gasteiger partial charge in [-0.1, -0.05) is 12.1 Å². The fourth-order valence-corrected chi connectivity index (χ4v) is 5.54. The fraction of sp³-hybridized carbons (Fsp3) is 0.263. The molecule has 10 nitrogen and oxygen atoms in total. The third-order valence-corrected chi connectivity index (χ3v) is 7.57. The van der Waals surface area contributed by atoms with E-state index in [0.717, 1.165) is 30.7 Å². The van der Waals surface area contributed by atoms with Crippen molar-refractivity contribution in [1.82, 2.24) is 14.5 Å². The number of hydrogen-bond acceptors (Lipinski definition) is 9. The molecule has 162 valence electrons. The number of para-hydroxylation sites is 1. The van der Waals surface area contributed by atoms with Crippen LogP contribution >= 0.6 is 11.8 Å². The van der Waals surface area contributed by atoms with E-state index in [9.17, 15) is 18.5 Å². The van der Waals surface area contributed by atoms with Crippen LogP contribution in [0.15, 0.2) is 61.9 Å². The zero-order valence-electron chi connectivity index (χ0n) is 16.4. The monoisotopic (exact) mass is 462 g/mol. The van der Waals surface area contributed by atoms with E-state index in [0.29, 0.717) is 24.4 Å². The third kappa shape index (κ3) is 4.27. The summed E-state index contributed by atoms with van der Waals surface area (Å²) in [7, 11) is -2.25. The van der Waals surface area contributed by atoms with Crippen molar-refractivity contribution in [3.05, 3.63) is 52.6 Å². The summed E-state index contributed by atoms with van der Waals surface area (Å²) >= 11 is 0.892. The maximum Gasteiger partial charge on any atom is 0.284 e. The molecule has 31 heavy (non-hydrogen) atoms. The van der Waals surface area contributed by atoms with Gasteiger partial charge in [0, 0.05) is 19.2 Å². The third-order valence-electron chi connectivity index (χ3n) is 4.77. The van der Waals surface area contributed by atoms with Crippen molar-refractivity contribution in [2.45, 2.75) is 27.9 Å². The minimum atomic E-state index is -3.77. The highest BCUT2D eigenvalue weighted by molar-refractivity contribution is 7.99. The second kappa shape index (κ2) is 8.65. The number of benzene rings is 2. The van der Waals surface area contributed by atoms with Crippen molar-refractivity contribution in [3.8, 4) is 17.2 Å². The van der Waals surface area contributed by atoms with Gasteiger partial charge in [-0.3, -0.25) is 10.1 Å². The molecule has 1 aliphatic rings. The van der Waals surface area contributed by atoms with Gasteiger partial charge in [-0.25, -0.2) is 8.42 Å². The van der Waals surface area contributed by atoms with Gasteiger partial charge in [0.15, 0.2) is 0 Å². The maximum atomic E-state index is 12.7. The molecule has 3 aromatic rings. The minimum Gasteiger partial charge on any atom is -0.496 e. The minimum absolute atomic E-state index is 0.0826. The molecular weight excluding hydrogens is 444 g/mol. The molecule has 1 fully saturated rings. The smallest absolute Gasteiger partial charge is 0.284 e. The van der Waals surface area contributed by atoms with E-state index < -0.39 is 14.9 Å². The highest BCUT2D eigenvalue weighted by atomic mass is 32.2. The Labute approximate surface area is 182 Å². The van der Waals surface area contributed by atoms with Crippen molar-refractivity contribution in [3.63, 3.8) is 0 Å². The van der Waals surface area contributed by atoms with Crippen molar-refractivity contribution in [2.24, 2.45) is 0 Å². The Morgan fingerprint density at radius 3 is 2.61 bits per heavy atom. The predicted octanol–water partition coefficient (Wildman–Crippen LogP) is 3.59. The van der Waals surface area contributed by atoms with Crippen molar-refractivity contribution < 1.29 is 22.5 Å². The Kier molecular flexibility index (Phi) is 5.94. The number of ether oxygens (including phenoxy) is 1. The van der Waals surface area contributed by atoms with E-state index in [1.54, 1.807) is 24.3 Å². The van der Waals surface area contributed by atoms with Gasteiger partial charge < -0.3 is 9.15 Å². The number of rotatable bonds is 7. The van der Waals surface area contributed by atoms with Gasteiger partial charge in [-0.15, -0.1) is 10.2 Å². The summed E-state index contributed by atoms with van der Waals surface area (Å²) in [6.07, 6.45) is 1.56. The number of nitro benzene ring substituents is 1. The molecular formula is C19H18N4O6S2. The van der Waals surface area contributed by atoms with Crippen LogP contribution in [-0.4, -0.2) is 48.0 Å². The molecule has 1 aliphatic heterocycles. The van der Waals surface area contributed by atoms with Gasteiger partial charge >= 0.3 is 0 Å². The SMILES string of the molecule is COc1ccccc1-c1nnc(Sc2ccc(S(=O)(=O)N3CCCC3)cc2[N+](=O)[O-])o1. The maximum absolute atomic E-state index is 12.7. The summed E-state index contributed by atoms with van der Waals surface area (Å²) in [5, 5.41) is 19.6. The average molecular weight is 463 g/mol. The first-order valence-corrected chi connectivity index (χ1v) is 11.6. The van der Waals surface area contributed by atoms with E-state index in [1.165, 1.54) is 23.5 Å². The molecule has 0 radical (unpaired) electrons. The molecule has 1 saturated heterocycles. The summed E-state index contributed by atoms with van der Waals surface area (Å²) in [5.74, 6) is 0.751. The number of sulfonamides is 1. The second-order valence-electron chi connectivity index (χ2n) is 6.67. The molecule has 4 rings (SSSR count). The first kappa shape index (κ1) is 21.3. The van der Waals surface area contributed by atoms with Gasteiger partial charge in [0.2, 0.25) is 10.0 Å². The van der Waals surface area contributed by atoms with Crippen LogP contribution in [0.5, 0.6) is 5.75 Å². The van der Waals surface area contributed by atoms with Crippen LogP contribution < -0.4 is 4.74 Å². The number of nitro groups is 1. The lowest BCUT2D eigenvalue weighted by molar-refractivity contribution is -0.388. The van der Waals surface area contributed by atoms with Gasteiger partial charge in [0.05, 0.1) is 27.4 Å². The average Bonchev–Trinajstić information content (AvgIpc) is 3.46. The van der Waals surface area contributed by atoms with Crippen LogP contribution in [-0.2, 0) is 10.0 Å². The first-order chi connectivity index (χ1) is 14.9. The molecule has 0 N–H and O–H groups in total. The highest BCUT2D eigenvalue weighted by Crippen LogP contribution is 2.38. The van der Waals surface area contributed by atoms with E-state index >= 15 is 0 Å². The Balaban J connectivity index is 1.63. The topological polar surface area (TPSA) is 129 Å². The van der Waals surface area contributed by atoms with E-state index in [1.807, 2.05) is 0 Å². The predicted molar refractivity (Wildman–Crippen MR) is 111 cm³/mol. The molecule has 0 bridgehead atoms. The molecule has 0 unspecified atom stereocenters. The number of nitrogens with zero attached hydrogens (tertiary/aromatic N) is 4. The van der Waals surface area contributed by atoms with Crippen LogP contribution in [0.1, 0.15) is 12.8 Å². The summed E-state index contributed by atoms with van der Waals surface area (Å²) in [6, 6.07) is 10.9. The second-order valence-corrected chi connectivity index (χ2v) is 9.60. The van der Waals surface area contributed by atoms with Crippen molar-refractivity contribution >= 4 is 27.5 Å². The molecule has 2 heterocycles. The summed E-state index contributed by atoms with van der Waals surface area (Å²) in [6.45, 7) is 0.834. The van der Waals surface area contributed by atoms with Crippen molar-refractivity contribution in [2.75, 3.05) is 20.2 Å². The van der Waals surface area contributed by atoms with Gasteiger partial charge in [0.25, 0.3) is 16.8 Å². The molecule has 12 heteroatoms. The largest absolute Gasteiger partial charge is 0.496 e. The highest BCUT2D eigenvalue weighted by Gasteiger charge is 2.30. The number of methoxy groups -OCH3 is 1. The van der Waals surface area contributed by atoms with Crippen molar-refractivity contribution in [1.29, 1.82) is 0 Å².